The summed E-state index contributed by atoms with van der Waals surface area (Å²) < 4.78 is 0. The number of carbonyl (C=O) groups is 1. The van der Waals surface area contributed by atoms with E-state index in [1.165, 1.54) is 11.1 Å². The lowest BCUT2D eigenvalue weighted by Gasteiger charge is -2.17. The maximum atomic E-state index is 12.6. The molecule has 1 amide bonds. The van der Waals surface area contributed by atoms with Gasteiger partial charge >= 0.3 is 0 Å². The summed E-state index contributed by atoms with van der Waals surface area (Å²) >= 11 is 0. The van der Waals surface area contributed by atoms with Crippen LogP contribution in [0.25, 0.3) is 0 Å². The molecule has 1 N–H and O–H groups in total. The van der Waals surface area contributed by atoms with E-state index in [-0.39, 0.29) is 5.91 Å². The summed E-state index contributed by atoms with van der Waals surface area (Å²) in [5, 5.41) is 3.36. The number of aromatic nitrogens is 1. The minimum atomic E-state index is -0.0906. The van der Waals surface area contributed by atoms with E-state index in [0.717, 1.165) is 16.9 Å². The van der Waals surface area contributed by atoms with Crippen molar-refractivity contribution in [1.82, 2.24) is 9.88 Å². The lowest BCUT2D eigenvalue weighted by molar-refractivity contribution is 0.0779. The Morgan fingerprint density at radius 2 is 1.77 bits per heavy atom. The normalized spacial score (nSPS) is 10.4. The van der Waals surface area contributed by atoms with Gasteiger partial charge in [0.1, 0.15) is 5.69 Å². The van der Waals surface area contributed by atoms with E-state index in [1.54, 1.807) is 24.2 Å². The number of hydrogen-bond donors (Lipinski definition) is 1. The number of hydrogen-bond acceptors (Lipinski definition) is 3. The minimum Gasteiger partial charge on any atom is -0.354 e. The number of carbonyl (C=O) groups excluding carboxylic acids is 1. The molecule has 0 radical (unpaired) electrons. The molecule has 3 rings (SSSR count). The SMILES string of the molecule is Cc1cccc(Nc2ccc(C(=O)N(C)Cc3ccccc3)nc2)c1C. The number of nitrogens with zero attached hydrogens (tertiary/aromatic N) is 2. The molecule has 26 heavy (non-hydrogen) atoms. The maximum absolute atomic E-state index is 12.6. The molecular formula is C22H23N3O. The fourth-order valence-corrected chi connectivity index (χ4v) is 2.76. The zero-order valence-electron chi connectivity index (χ0n) is 15.4. The first kappa shape index (κ1) is 17.7. The number of nitrogens with one attached hydrogen (secondary N) is 1. The van der Waals surface area contributed by atoms with Crippen LogP contribution in [0.2, 0.25) is 0 Å². The van der Waals surface area contributed by atoms with Crippen LogP contribution in [-0.2, 0) is 6.54 Å². The number of pyridine rings is 1. The third-order valence-electron chi connectivity index (χ3n) is 4.48. The summed E-state index contributed by atoms with van der Waals surface area (Å²) in [7, 11) is 1.79. The molecule has 4 heteroatoms. The zero-order valence-corrected chi connectivity index (χ0v) is 15.4. The first-order valence-electron chi connectivity index (χ1n) is 8.63. The van der Waals surface area contributed by atoms with Crippen molar-refractivity contribution >= 4 is 17.3 Å². The van der Waals surface area contributed by atoms with Crippen molar-refractivity contribution in [1.29, 1.82) is 0 Å². The second-order valence-corrected chi connectivity index (χ2v) is 6.45. The highest BCUT2D eigenvalue weighted by Gasteiger charge is 2.13. The fourth-order valence-electron chi connectivity index (χ4n) is 2.76. The van der Waals surface area contributed by atoms with E-state index in [9.17, 15) is 4.79 Å². The van der Waals surface area contributed by atoms with Gasteiger partial charge in [-0.15, -0.1) is 0 Å². The second-order valence-electron chi connectivity index (χ2n) is 6.45. The number of anilines is 2. The van der Waals surface area contributed by atoms with Gasteiger partial charge in [-0.1, -0.05) is 42.5 Å². The molecule has 0 bridgehead atoms. The van der Waals surface area contributed by atoms with Crippen LogP contribution in [0.4, 0.5) is 11.4 Å². The molecule has 0 saturated heterocycles. The van der Waals surface area contributed by atoms with E-state index in [4.69, 9.17) is 0 Å². The van der Waals surface area contributed by atoms with E-state index in [2.05, 4.69) is 30.2 Å². The van der Waals surface area contributed by atoms with Crippen molar-refractivity contribution in [2.45, 2.75) is 20.4 Å². The van der Waals surface area contributed by atoms with Gasteiger partial charge in [0.2, 0.25) is 0 Å². The first-order valence-corrected chi connectivity index (χ1v) is 8.63. The maximum Gasteiger partial charge on any atom is 0.272 e. The van der Waals surface area contributed by atoms with Gasteiger partial charge in [0, 0.05) is 19.3 Å². The van der Waals surface area contributed by atoms with Gasteiger partial charge in [-0.25, -0.2) is 4.98 Å². The Balaban J connectivity index is 1.68. The first-order chi connectivity index (χ1) is 12.5. The van der Waals surface area contributed by atoms with Crippen LogP contribution in [0.1, 0.15) is 27.2 Å². The summed E-state index contributed by atoms with van der Waals surface area (Å²) in [6, 6.07) is 19.7. The standard InChI is InChI=1S/C22H23N3O/c1-16-8-7-11-20(17(16)2)24-19-12-13-21(23-14-19)22(26)25(3)15-18-9-5-4-6-10-18/h4-14,24H,15H2,1-3H3. The minimum absolute atomic E-state index is 0.0906. The van der Waals surface area contributed by atoms with E-state index >= 15 is 0 Å². The number of rotatable bonds is 5. The van der Waals surface area contributed by atoms with Crippen LogP contribution in [0.3, 0.4) is 0 Å². The Labute approximate surface area is 154 Å². The Morgan fingerprint density at radius 1 is 1.00 bits per heavy atom. The Morgan fingerprint density at radius 3 is 2.46 bits per heavy atom. The molecule has 4 nitrogen and oxygen atoms in total. The van der Waals surface area contributed by atoms with Gasteiger partial charge < -0.3 is 10.2 Å². The van der Waals surface area contributed by atoms with Crippen molar-refractivity contribution in [3.8, 4) is 0 Å². The molecule has 0 atom stereocenters. The monoisotopic (exact) mass is 345 g/mol. The molecule has 0 saturated carbocycles. The van der Waals surface area contributed by atoms with Crippen LogP contribution < -0.4 is 5.32 Å². The number of aryl methyl sites for hydroxylation is 1. The molecule has 1 heterocycles. The number of benzene rings is 2. The highest BCUT2D eigenvalue weighted by molar-refractivity contribution is 5.92. The molecule has 0 spiro atoms. The largest absolute Gasteiger partial charge is 0.354 e. The molecule has 0 unspecified atom stereocenters. The quantitative estimate of drug-likeness (QED) is 0.728. The molecule has 2 aromatic carbocycles. The van der Waals surface area contributed by atoms with Crippen LogP contribution >= 0.6 is 0 Å². The molecule has 0 aliphatic heterocycles. The van der Waals surface area contributed by atoms with E-state index in [1.807, 2.05) is 48.5 Å². The predicted molar refractivity (Wildman–Crippen MR) is 106 cm³/mol. The highest BCUT2D eigenvalue weighted by Crippen LogP contribution is 2.22. The highest BCUT2D eigenvalue weighted by atomic mass is 16.2. The Hall–Kier alpha value is -3.14. The predicted octanol–water partition coefficient (Wildman–Crippen LogP) is 4.71. The summed E-state index contributed by atoms with van der Waals surface area (Å²) in [4.78, 5) is 18.6. The molecule has 3 aromatic rings. The van der Waals surface area contributed by atoms with Crippen LogP contribution in [0.15, 0.2) is 66.9 Å². The lowest BCUT2D eigenvalue weighted by atomic mass is 10.1. The molecular weight excluding hydrogens is 322 g/mol. The topological polar surface area (TPSA) is 45.2 Å². The van der Waals surface area contributed by atoms with Gasteiger partial charge in [0.15, 0.2) is 0 Å². The summed E-state index contributed by atoms with van der Waals surface area (Å²) in [5.41, 5.74) is 5.88. The second kappa shape index (κ2) is 7.83. The van der Waals surface area contributed by atoms with Gasteiger partial charge in [0.25, 0.3) is 5.91 Å². The summed E-state index contributed by atoms with van der Waals surface area (Å²) in [5.74, 6) is -0.0906. The summed E-state index contributed by atoms with van der Waals surface area (Å²) in [6.07, 6.45) is 1.70. The van der Waals surface area contributed by atoms with Crippen molar-refractivity contribution in [3.05, 3.63) is 89.2 Å². The molecule has 132 valence electrons. The van der Waals surface area contributed by atoms with Crippen molar-refractivity contribution in [2.24, 2.45) is 0 Å². The smallest absolute Gasteiger partial charge is 0.272 e. The van der Waals surface area contributed by atoms with Gasteiger partial charge in [-0.2, -0.15) is 0 Å². The van der Waals surface area contributed by atoms with Crippen LogP contribution in [0, 0.1) is 13.8 Å². The molecule has 1 aromatic heterocycles. The van der Waals surface area contributed by atoms with E-state index < -0.39 is 0 Å². The average Bonchev–Trinajstić information content (AvgIpc) is 2.66. The average molecular weight is 345 g/mol. The molecule has 0 aliphatic rings. The van der Waals surface area contributed by atoms with Gasteiger partial charge in [0.05, 0.1) is 11.9 Å². The third kappa shape index (κ3) is 4.09. The third-order valence-corrected chi connectivity index (χ3v) is 4.48. The van der Waals surface area contributed by atoms with Gasteiger partial charge in [-0.05, 0) is 48.7 Å². The van der Waals surface area contributed by atoms with Crippen molar-refractivity contribution < 1.29 is 4.79 Å². The van der Waals surface area contributed by atoms with E-state index in [0.29, 0.717) is 12.2 Å². The molecule has 0 aliphatic carbocycles. The fraction of sp³-hybridized carbons (Fsp3) is 0.182. The summed E-state index contributed by atoms with van der Waals surface area (Å²) in [6.45, 7) is 4.73. The lowest BCUT2D eigenvalue weighted by Crippen LogP contribution is -2.26. The van der Waals surface area contributed by atoms with Crippen molar-refractivity contribution in [2.75, 3.05) is 12.4 Å². The van der Waals surface area contributed by atoms with Crippen molar-refractivity contribution in [3.63, 3.8) is 0 Å². The Kier molecular flexibility index (Phi) is 5.32. The zero-order chi connectivity index (χ0) is 18.5. The van der Waals surface area contributed by atoms with Crippen LogP contribution in [0.5, 0.6) is 0 Å². The van der Waals surface area contributed by atoms with Crippen LogP contribution in [-0.4, -0.2) is 22.8 Å². The van der Waals surface area contributed by atoms with Gasteiger partial charge in [-0.3, -0.25) is 4.79 Å². The molecule has 0 fully saturated rings. The number of amides is 1. The Bertz CT molecular complexity index is 889.